The van der Waals surface area contributed by atoms with Crippen LogP contribution in [-0.4, -0.2) is 22.4 Å². The molecule has 0 heterocycles. The van der Waals surface area contributed by atoms with Crippen LogP contribution >= 0.6 is 0 Å². The third-order valence-electron chi connectivity index (χ3n) is 5.22. The van der Waals surface area contributed by atoms with Crippen LogP contribution in [0.3, 0.4) is 0 Å². The lowest BCUT2D eigenvalue weighted by Crippen LogP contribution is -2.19. The van der Waals surface area contributed by atoms with Gasteiger partial charge in [-0.05, 0) is 54.3 Å². The first-order valence-corrected chi connectivity index (χ1v) is 10.7. The van der Waals surface area contributed by atoms with Gasteiger partial charge in [0.2, 0.25) is 0 Å². The van der Waals surface area contributed by atoms with Gasteiger partial charge in [-0.25, -0.2) is 5.43 Å². The van der Waals surface area contributed by atoms with Crippen LogP contribution in [-0.2, 0) is 5.41 Å². The standard InChI is InChI=1S/C26H26N4O4/c1-17(20-6-5-7-23(16-20)30(33)34)28-29-25(32)19-10-14-22(15-11-19)27-24(31)18-8-12-21(13-9-18)26(2,3)4/h5-16H,1-4H3,(H,27,31)(H,29,32). The summed E-state index contributed by atoms with van der Waals surface area (Å²) in [7, 11) is 0. The number of non-ortho nitro benzene ring substituents is 1. The number of nitrogens with zero attached hydrogens (tertiary/aromatic N) is 2. The Bertz CT molecular complexity index is 1240. The van der Waals surface area contributed by atoms with Gasteiger partial charge in [0, 0.05) is 34.5 Å². The van der Waals surface area contributed by atoms with E-state index >= 15 is 0 Å². The highest BCUT2D eigenvalue weighted by atomic mass is 16.6. The van der Waals surface area contributed by atoms with Gasteiger partial charge < -0.3 is 5.32 Å². The van der Waals surface area contributed by atoms with Crippen molar-refractivity contribution in [2.45, 2.75) is 33.1 Å². The number of nitro benzene ring substituents is 1. The Labute approximate surface area is 197 Å². The lowest BCUT2D eigenvalue weighted by Gasteiger charge is -2.19. The van der Waals surface area contributed by atoms with Crippen molar-refractivity contribution in [3.8, 4) is 0 Å². The van der Waals surface area contributed by atoms with Crippen molar-refractivity contribution in [3.05, 3.63) is 105 Å². The van der Waals surface area contributed by atoms with Crippen LogP contribution in [0.2, 0.25) is 0 Å². The summed E-state index contributed by atoms with van der Waals surface area (Å²) in [5.74, 6) is -0.685. The number of anilines is 1. The summed E-state index contributed by atoms with van der Waals surface area (Å²) in [6, 6.07) is 19.9. The number of hydrogen-bond acceptors (Lipinski definition) is 5. The predicted octanol–water partition coefficient (Wildman–Crippen LogP) is 5.30. The zero-order valence-electron chi connectivity index (χ0n) is 19.5. The van der Waals surface area contributed by atoms with E-state index in [1.54, 1.807) is 55.5 Å². The summed E-state index contributed by atoms with van der Waals surface area (Å²) < 4.78 is 0. The number of hydrogen-bond donors (Lipinski definition) is 2. The van der Waals surface area contributed by atoms with Gasteiger partial charge in [0.1, 0.15) is 0 Å². The van der Waals surface area contributed by atoms with Gasteiger partial charge in [-0.2, -0.15) is 5.10 Å². The van der Waals surface area contributed by atoms with Crippen molar-refractivity contribution in [1.29, 1.82) is 0 Å². The van der Waals surface area contributed by atoms with E-state index in [1.807, 2.05) is 12.1 Å². The molecule has 0 unspecified atom stereocenters. The SMILES string of the molecule is CC(=NNC(=O)c1ccc(NC(=O)c2ccc(C(C)(C)C)cc2)cc1)c1cccc([N+](=O)[O-])c1. The molecule has 3 aromatic rings. The Morgan fingerprint density at radius 1 is 0.853 bits per heavy atom. The molecule has 0 fully saturated rings. The number of nitro groups is 1. The Morgan fingerprint density at radius 2 is 1.44 bits per heavy atom. The fraction of sp³-hybridized carbons (Fsp3) is 0.192. The van der Waals surface area contributed by atoms with E-state index < -0.39 is 10.8 Å². The predicted molar refractivity (Wildman–Crippen MR) is 132 cm³/mol. The van der Waals surface area contributed by atoms with Gasteiger partial charge in [0.05, 0.1) is 10.6 Å². The minimum absolute atomic E-state index is 0.00700. The first kappa shape index (κ1) is 24.3. The number of benzene rings is 3. The van der Waals surface area contributed by atoms with Crippen molar-refractivity contribution in [3.63, 3.8) is 0 Å². The molecule has 0 saturated heterocycles. The molecule has 0 aromatic heterocycles. The summed E-state index contributed by atoms with van der Waals surface area (Å²) in [6.07, 6.45) is 0. The molecule has 0 aliphatic rings. The van der Waals surface area contributed by atoms with E-state index in [2.05, 4.69) is 36.6 Å². The van der Waals surface area contributed by atoms with Crippen molar-refractivity contribution in [2.24, 2.45) is 5.10 Å². The number of rotatable bonds is 6. The van der Waals surface area contributed by atoms with Gasteiger partial charge in [-0.1, -0.05) is 45.0 Å². The third-order valence-corrected chi connectivity index (χ3v) is 5.22. The second kappa shape index (κ2) is 10.1. The van der Waals surface area contributed by atoms with E-state index in [0.717, 1.165) is 5.56 Å². The highest BCUT2D eigenvalue weighted by molar-refractivity contribution is 6.05. The van der Waals surface area contributed by atoms with Gasteiger partial charge in [-0.15, -0.1) is 0 Å². The molecule has 8 heteroatoms. The van der Waals surface area contributed by atoms with Crippen molar-refractivity contribution in [2.75, 3.05) is 5.32 Å². The van der Waals surface area contributed by atoms with E-state index in [4.69, 9.17) is 0 Å². The molecule has 2 amide bonds. The number of amides is 2. The minimum atomic E-state index is -0.489. The molecule has 0 atom stereocenters. The largest absolute Gasteiger partial charge is 0.322 e. The molecule has 3 rings (SSSR count). The first-order valence-electron chi connectivity index (χ1n) is 10.7. The van der Waals surface area contributed by atoms with Crippen molar-refractivity contribution >= 4 is 28.9 Å². The first-order chi connectivity index (χ1) is 16.0. The van der Waals surface area contributed by atoms with E-state index in [9.17, 15) is 19.7 Å². The highest BCUT2D eigenvalue weighted by Crippen LogP contribution is 2.22. The molecule has 0 bridgehead atoms. The molecular formula is C26H26N4O4. The average Bonchev–Trinajstić information content (AvgIpc) is 2.82. The summed E-state index contributed by atoms with van der Waals surface area (Å²) in [4.78, 5) is 35.4. The van der Waals surface area contributed by atoms with Crippen LogP contribution in [0.25, 0.3) is 0 Å². The molecule has 3 aromatic carbocycles. The molecule has 2 N–H and O–H groups in total. The maximum absolute atomic E-state index is 12.5. The van der Waals surface area contributed by atoms with Gasteiger partial charge in [-0.3, -0.25) is 19.7 Å². The normalized spacial score (nSPS) is 11.6. The van der Waals surface area contributed by atoms with Crippen LogP contribution in [0.4, 0.5) is 11.4 Å². The Balaban J connectivity index is 1.62. The van der Waals surface area contributed by atoms with Crippen LogP contribution in [0.5, 0.6) is 0 Å². The second-order valence-electron chi connectivity index (χ2n) is 8.80. The summed E-state index contributed by atoms with van der Waals surface area (Å²) in [6.45, 7) is 7.98. The molecule has 0 aliphatic heterocycles. The van der Waals surface area contributed by atoms with E-state index in [0.29, 0.717) is 28.1 Å². The highest BCUT2D eigenvalue weighted by Gasteiger charge is 2.15. The zero-order chi connectivity index (χ0) is 24.9. The summed E-state index contributed by atoms with van der Waals surface area (Å²) >= 11 is 0. The van der Waals surface area contributed by atoms with Crippen molar-refractivity contribution < 1.29 is 14.5 Å². The Hall–Kier alpha value is -4.33. The Kier molecular flexibility index (Phi) is 7.21. The summed E-state index contributed by atoms with van der Waals surface area (Å²) in [5.41, 5.74) is 5.94. The maximum Gasteiger partial charge on any atom is 0.271 e. The molecule has 0 saturated carbocycles. The number of carbonyl (C=O) groups excluding carboxylic acids is 2. The molecule has 0 spiro atoms. The zero-order valence-corrected chi connectivity index (χ0v) is 19.5. The van der Waals surface area contributed by atoms with Crippen LogP contribution in [0, 0.1) is 10.1 Å². The molecule has 174 valence electrons. The molecular weight excluding hydrogens is 432 g/mol. The van der Waals surface area contributed by atoms with E-state index in [1.165, 1.54) is 12.1 Å². The van der Waals surface area contributed by atoms with Crippen LogP contribution in [0.1, 0.15) is 59.5 Å². The molecule has 8 nitrogen and oxygen atoms in total. The van der Waals surface area contributed by atoms with Gasteiger partial charge >= 0.3 is 0 Å². The second-order valence-corrected chi connectivity index (χ2v) is 8.80. The Morgan fingerprint density at radius 3 is 2.03 bits per heavy atom. The molecule has 34 heavy (non-hydrogen) atoms. The quantitative estimate of drug-likeness (QED) is 0.296. The lowest BCUT2D eigenvalue weighted by atomic mass is 9.87. The van der Waals surface area contributed by atoms with Crippen molar-refractivity contribution in [1.82, 2.24) is 5.43 Å². The minimum Gasteiger partial charge on any atom is -0.322 e. The number of carbonyl (C=O) groups is 2. The van der Waals surface area contributed by atoms with Crippen LogP contribution < -0.4 is 10.7 Å². The van der Waals surface area contributed by atoms with Gasteiger partial charge in [0.15, 0.2) is 0 Å². The van der Waals surface area contributed by atoms with Gasteiger partial charge in [0.25, 0.3) is 17.5 Å². The van der Waals surface area contributed by atoms with E-state index in [-0.39, 0.29) is 17.0 Å². The smallest absolute Gasteiger partial charge is 0.271 e. The lowest BCUT2D eigenvalue weighted by molar-refractivity contribution is -0.384. The third kappa shape index (κ3) is 6.13. The topological polar surface area (TPSA) is 114 Å². The summed E-state index contributed by atoms with van der Waals surface area (Å²) in [5, 5.41) is 17.8. The monoisotopic (exact) mass is 458 g/mol. The molecule has 0 aliphatic carbocycles. The number of hydrazone groups is 1. The van der Waals surface area contributed by atoms with Crippen LogP contribution in [0.15, 0.2) is 77.9 Å². The average molecular weight is 459 g/mol. The number of nitrogens with one attached hydrogen (secondary N) is 2. The fourth-order valence-corrected chi connectivity index (χ4v) is 3.14. The fourth-order valence-electron chi connectivity index (χ4n) is 3.14. The molecule has 0 radical (unpaired) electrons. The maximum atomic E-state index is 12.5.